The van der Waals surface area contributed by atoms with Crippen molar-refractivity contribution in [2.75, 3.05) is 12.8 Å². The van der Waals surface area contributed by atoms with Crippen molar-refractivity contribution in [2.24, 2.45) is 0 Å². The second-order valence-electron chi connectivity index (χ2n) is 5.81. The Balaban J connectivity index is 2.79. The van der Waals surface area contributed by atoms with Gasteiger partial charge >= 0.3 is 0 Å². The predicted octanol–water partition coefficient (Wildman–Crippen LogP) is 1.36. The zero-order chi connectivity index (χ0) is 15.4. The highest BCUT2D eigenvalue weighted by atomic mass is 32.2. The highest BCUT2D eigenvalue weighted by Crippen LogP contribution is 2.08. The summed E-state index contributed by atoms with van der Waals surface area (Å²) in [6.45, 7) is 5.58. The average molecular weight is 298 g/mol. The molecule has 0 heterocycles. The monoisotopic (exact) mass is 298 g/mol. The van der Waals surface area contributed by atoms with E-state index in [1.807, 2.05) is 51.1 Å². The normalized spacial score (nSPS) is 12.4. The molecule has 112 valence electrons. The van der Waals surface area contributed by atoms with Crippen LogP contribution >= 0.6 is 0 Å². The molecule has 0 fully saturated rings. The molecule has 5 nitrogen and oxygen atoms in total. The first-order valence-electron chi connectivity index (χ1n) is 6.38. The third-order valence-electron chi connectivity index (χ3n) is 2.51. The molecule has 0 saturated carbocycles. The summed E-state index contributed by atoms with van der Waals surface area (Å²) in [5, 5.41) is 2.76. The molecule has 20 heavy (non-hydrogen) atoms. The predicted molar refractivity (Wildman–Crippen MR) is 79.6 cm³/mol. The molecular weight excluding hydrogens is 276 g/mol. The van der Waals surface area contributed by atoms with E-state index < -0.39 is 10.0 Å². The summed E-state index contributed by atoms with van der Waals surface area (Å²) < 4.78 is 24.7. The number of nitrogens with zero attached hydrogens (tertiary/aromatic N) is 1. The molecule has 0 saturated heterocycles. The molecule has 1 rings (SSSR count). The summed E-state index contributed by atoms with van der Waals surface area (Å²) in [6, 6.07) is 9.20. The number of rotatable bonds is 5. The Bertz CT molecular complexity index is 548. The number of benzene rings is 1. The Labute approximate surface area is 121 Å². The van der Waals surface area contributed by atoms with Gasteiger partial charge in [0.25, 0.3) is 0 Å². The van der Waals surface area contributed by atoms with Crippen molar-refractivity contribution >= 4 is 15.9 Å². The van der Waals surface area contributed by atoms with Crippen LogP contribution in [0.2, 0.25) is 0 Å². The maximum Gasteiger partial charge on any atom is 0.235 e. The summed E-state index contributed by atoms with van der Waals surface area (Å²) in [4.78, 5) is 11.9. The minimum absolute atomic E-state index is 0.176. The highest BCUT2D eigenvalue weighted by molar-refractivity contribution is 7.88. The van der Waals surface area contributed by atoms with Gasteiger partial charge in [0.15, 0.2) is 0 Å². The Hall–Kier alpha value is -1.40. The van der Waals surface area contributed by atoms with E-state index in [9.17, 15) is 13.2 Å². The van der Waals surface area contributed by atoms with Gasteiger partial charge in [0.2, 0.25) is 15.9 Å². The molecular formula is C14H22N2O3S. The van der Waals surface area contributed by atoms with Crippen LogP contribution in [0.1, 0.15) is 26.3 Å². The van der Waals surface area contributed by atoms with E-state index in [2.05, 4.69) is 5.32 Å². The van der Waals surface area contributed by atoms with Crippen molar-refractivity contribution in [3.05, 3.63) is 35.9 Å². The van der Waals surface area contributed by atoms with E-state index in [-0.39, 0.29) is 24.5 Å². The van der Waals surface area contributed by atoms with Gasteiger partial charge in [-0.05, 0) is 26.3 Å². The molecule has 0 aliphatic heterocycles. The van der Waals surface area contributed by atoms with Gasteiger partial charge in [-0.15, -0.1) is 0 Å². The summed E-state index contributed by atoms with van der Waals surface area (Å²) in [5.41, 5.74) is 0.467. The van der Waals surface area contributed by atoms with Gasteiger partial charge in [0.05, 0.1) is 12.8 Å². The third kappa shape index (κ3) is 6.16. The third-order valence-corrected chi connectivity index (χ3v) is 3.70. The van der Waals surface area contributed by atoms with E-state index in [0.717, 1.165) is 11.8 Å². The molecule has 1 N–H and O–H groups in total. The number of nitrogens with one attached hydrogen (secondary N) is 1. The first-order valence-corrected chi connectivity index (χ1v) is 8.23. The SMILES string of the molecule is CC(C)(C)NC(=O)CN(Cc1ccccc1)S(C)(=O)=O. The van der Waals surface area contributed by atoms with Crippen LogP contribution in [0.4, 0.5) is 0 Å². The Kier molecular flexibility index (Phi) is 5.30. The topological polar surface area (TPSA) is 66.5 Å². The zero-order valence-electron chi connectivity index (χ0n) is 12.4. The molecule has 1 aromatic rings. The first-order chi connectivity index (χ1) is 9.08. The van der Waals surface area contributed by atoms with E-state index in [1.165, 1.54) is 4.31 Å². The van der Waals surface area contributed by atoms with E-state index in [1.54, 1.807) is 0 Å². The molecule has 6 heteroatoms. The Morgan fingerprint density at radius 3 is 2.20 bits per heavy atom. The molecule has 0 atom stereocenters. The zero-order valence-corrected chi connectivity index (χ0v) is 13.2. The molecule has 0 aliphatic carbocycles. The highest BCUT2D eigenvalue weighted by Gasteiger charge is 2.22. The summed E-state index contributed by atoms with van der Waals surface area (Å²) in [5.74, 6) is -0.307. The lowest BCUT2D eigenvalue weighted by atomic mass is 10.1. The van der Waals surface area contributed by atoms with Crippen molar-refractivity contribution in [1.82, 2.24) is 9.62 Å². The lowest BCUT2D eigenvalue weighted by Crippen LogP contribution is -2.46. The molecule has 0 unspecified atom stereocenters. The lowest BCUT2D eigenvalue weighted by Gasteiger charge is -2.24. The lowest BCUT2D eigenvalue weighted by molar-refractivity contribution is -0.122. The van der Waals surface area contributed by atoms with Crippen molar-refractivity contribution in [2.45, 2.75) is 32.9 Å². The quantitative estimate of drug-likeness (QED) is 0.892. The molecule has 0 radical (unpaired) electrons. The number of sulfonamides is 1. The van der Waals surface area contributed by atoms with Crippen LogP contribution < -0.4 is 5.32 Å². The van der Waals surface area contributed by atoms with Crippen LogP contribution in [0.15, 0.2) is 30.3 Å². The molecule has 1 aromatic carbocycles. The minimum Gasteiger partial charge on any atom is -0.350 e. The van der Waals surface area contributed by atoms with Crippen LogP contribution in [0.5, 0.6) is 0 Å². The van der Waals surface area contributed by atoms with E-state index in [0.29, 0.717) is 0 Å². The van der Waals surface area contributed by atoms with Gasteiger partial charge in [-0.1, -0.05) is 30.3 Å². The second-order valence-corrected chi connectivity index (χ2v) is 7.80. The van der Waals surface area contributed by atoms with Crippen LogP contribution in [0.25, 0.3) is 0 Å². The maximum absolute atomic E-state index is 11.9. The van der Waals surface area contributed by atoms with Gasteiger partial charge in [-0.2, -0.15) is 4.31 Å². The smallest absolute Gasteiger partial charge is 0.235 e. The Morgan fingerprint density at radius 1 is 1.20 bits per heavy atom. The molecule has 1 amide bonds. The van der Waals surface area contributed by atoms with Gasteiger partial charge < -0.3 is 5.32 Å². The fourth-order valence-electron chi connectivity index (χ4n) is 1.70. The number of carbonyl (C=O) groups is 1. The fraction of sp³-hybridized carbons (Fsp3) is 0.500. The number of hydrogen-bond acceptors (Lipinski definition) is 3. The summed E-state index contributed by atoms with van der Waals surface area (Å²) >= 11 is 0. The standard InChI is InChI=1S/C14H22N2O3S/c1-14(2,3)15-13(17)11-16(20(4,18)19)10-12-8-6-5-7-9-12/h5-9H,10-11H2,1-4H3,(H,15,17). The summed E-state index contributed by atoms with van der Waals surface area (Å²) in [7, 11) is -3.44. The largest absolute Gasteiger partial charge is 0.350 e. The van der Waals surface area contributed by atoms with Crippen molar-refractivity contribution in [3.8, 4) is 0 Å². The van der Waals surface area contributed by atoms with E-state index >= 15 is 0 Å². The Morgan fingerprint density at radius 2 is 1.75 bits per heavy atom. The van der Waals surface area contributed by atoms with Crippen LogP contribution in [0, 0.1) is 0 Å². The van der Waals surface area contributed by atoms with Gasteiger partial charge in [-0.25, -0.2) is 8.42 Å². The maximum atomic E-state index is 11.9. The van der Waals surface area contributed by atoms with Gasteiger partial charge in [-0.3, -0.25) is 4.79 Å². The second kappa shape index (κ2) is 6.37. The van der Waals surface area contributed by atoms with E-state index in [4.69, 9.17) is 0 Å². The van der Waals surface area contributed by atoms with Crippen LogP contribution in [-0.2, 0) is 21.4 Å². The van der Waals surface area contributed by atoms with Crippen LogP contribution in [-0.4, -0.2) is 37.0 Å². The first kappa shape index (κ1) is 16.7. The molecule has 0 bridgehead atoms. The van der Waals surface area contributed by atoms with Gasteiger partial charge in [0, 0.05) is 12.1 Å². The number of amides is 1. The van der Waals surface area contributed by atoms with Crippen LogP contribution in [0.3, 0.4) is 0 Å². The minimum atomic E-state index is -3.44. The number of hydrogen-bond donors (Lipinski definition) is 1. The average Bonchev–Trinajstić information content (AvgIpc) is 2.25. The number of carbonyl (C=O) groups excluding carboxylic acids is 1. The summed E-state index contributed by atoms with van der Waals surface area (Å²) in [6.07, 6.45) is 1.11. The van der Waals surface area contributed by atoms with Gasteiger partial charge in [0.1, 0.15) is 0 Å². The van der Waals surface area contributed by atoms with Crippen molar-refractivity contribution in [1.29, 1.82) is 0 Å². The van der Waals surface area contributed by atoms with Crippen molar-refractivity contribution in [3.63, 3.8) is 0 Å². The van der Waals surface area contributed by atoms with Crippen molar-refractivity contribution < 1.29 is 13.2 Å². The molecule has 0 aliphatic rings. The molecule has 0 spiro atoms. The fourth-order valence-corrected chi connectivity index (χ4v) is 2.43. The molecule has 0 aromatic heterocycles.